The van der Waals surface area contributed by atoms with Gasteiger partial charge >= 0.3 is 5.97 Å². The fraction of sp³-hybridized carbons (Fsp3) is 0.278. The number of hydrogen-bond acceptors (Lipinski definition) is 3. The highest BCUT2D eigenvalue weighted by atomic mass is 16.4. The van der Waals surface area contributed by atoms with Crippen LogP contribution in [0.5, 0.6) is 0 Å². The molecule has 1 fully saturated rings. The van der Waals surface area contributed by atoms with Crippen LogP contribution >= 0.6 is 0 Å². The Hall–Kier alpha value is -2.69. The predicted octanol–water partition coefficient (Wildman–Crippen LogP) is 2.59. The average Bonchev–Trinajstić information content (AvgIpc) is 3.26. The third-order valence-corrected chi connectivity index (χ3v) is 4.17. The molecule has 0 bridgehead atoms. The van der Waals surface area contributed by atoms with E-state index in [4.69, 9.17) is 5.11 Å². The highest BCUT2D eigenvalue weighted by molar-refractivity contribution is 5.95. The fourth-order valence-electron chi connectivity index (χ4n) is 2.70. The SMILES string of the molecule is Cc1nc(C(=O)NC2(Cc3ccccc3)CC2)ccc1C(=O)O. The zero-order valence-electron chi connectivity index (χ0n) is 12.9. The summed E-state index contributed by atoms with van der Waals surface area (Å²) in [5.41, 5.74) is 1.71. The van der Waals surface area contributed by atoms with Crippen LogP contribution in [0.25, 0.3) is 0 Å². The van der Waals surface area contributed by atoms with Crippen molar-refractivity contribution in [1.29, 1.82) is 0 Å². The molecule has 0 atom stereocenters. The number of carbonyl (C=O) groups excluding carboxylic acids is 1. The maximum atomic E-state index is 12.4. The van der Waals surface area contributed by atoms with E-state index in [1.165, 1.54) is 17.7 Å². The van der Waals surface area contributed by atoms with Gasteiger partial charge in [0.1, 0.15) is 5.69 Å². The Balaban J connectivity index is 1.72. The summed E-state index contributed by atoms with van der Waals surface area (Å²) in [7, 11) is 0. The van der Waals surface area contributed by atoms with Crippen molar-refractivity contribution in [3.8, 4) is 0 Å². The van der Waals surface area contributed by atoms with Crippen LogP contribution in [0.2, 0.25) is 0 Å². The molecule has 2 aromatic rings. The summed E-state index contributed by atoms with van der Waals surface area (Å²) in [5.74, 6) is -1.29. The lowest BCUT2D eigenvalue weighted by Gasteiger charge is -2.17. The van der Waals surface area contributed by atoms with Gasteiger partial charge in [-0.2, -0.15) is 0 Å². The van der Waals surface area contributed by atoms with Gasteiger partial charge in [-0.3, -0.25) is 4.79 Å². The summed E-state index contributed by atoms with van der Waals surface area (Å²) in [5, 5.41) is 12.1. The highest BCUT2D eigenvalue weighted by Crippen LogP contribution is 2.38. The molecule has 0 spiro atoms. The number of aryl methyl sites for hydroxylation is 1. The van der Waals surface area contributed by atoms with Crippen LogP contribution in [0, 0.1) is 6.92 Å². The molecule has 1 saturated carbocycles. The first-order chi connectivity index (χ1) is 11.0. The Morgan fingerprint density at radius 1 is 1.17 bits per heavy atom. The second-order valence-electron chi connectivity index (χ2n) is 6.03. The summed E-state index contributed by atoms with van der Waals surface area (Å²) in [6.45, 7) is 1.59. The Bertz CT molecular complexity index is 752. The van der Waals surface area contributed by atoms with Crippen LogP contribution < -0.4 is 5.32 Å². The lowest BCUT2D eigenvalue weighted by atomic mass is 10.0. The number of hydrogen-bond donors (Lipinski definition) is 2. The van der Waals surface area contributed by atoms with Gasteiger partial charge in [-0.25, -0.2) is 9.78 Å². The molecular weight excluding hydrogens is 292 g/mol. The van der Waals surface area contributed by atoms with Gasteiger partial charge in [-0.05, 0) is 43.9 Å². The van der Waals surface area contributed by atoms with Gasteiger partial charge in [-0.15, -0.1) is 0 Å². The average molecular weight is 310 g/mol. The van der Waals surface area contributed by atoms with E-state index in [-0.39, 0.29) is 22.7 Å². The number of carbonyl (C=O) groups is 2. The monoisotopic (exact) mass is 310 g/mol. The Kier molecular flexibility index (Phi) is 3.86. The van der Waals surface area contributed by atoms with Crippen LogP contribution in [0.4, 0.5) is 0 Å². The molecule has 0 radical (unpaired) electrons. The molecule has 1 aromatic carbocycles. The lowest BCUT2D eigenvalue weighted by molar-refractivity contribution is 0.0694. The molecule has 1 aromatic heterocycles. The second kappa shape index (κ2) is 5.83. The molecule has 5 nitrogen and oxygen atoms in total. The van der Waals surface area contributed by atoms with E-state index in [0.29, 0.717) is 5.69 Å². The number of amides is 1. The van der Waals surface area contributed by atoms with E-state index in [0.717, 1.165) is 19.3 Å². The molecule has 1 amide bonds. The number of carboxylic acids is 1. The molecule has 2 N–H and O–H groups in total. The predicted molar refractivity (Wildman–Crippen MR) is 85.5 cm³/mol. The summed E-state index contributed by atoms with van der Waals surface area (Å²) in [6, 6.07) is 12.9. The minimum Gasteiger partial charge on any atom is -0.478 e. The Labute approximate surface area is 134 Å². The molecule has 1 aliphatic carbocycles. The van der Waals surface area contributed by atoms with Crippen LogP contribution in [0.15, 0.2) is 42.5 Å². The van der Waals surface area contributed by atoms with E-state index in [1.807, 2.05) is 18.2 Å². The Morgan fingerprint density at radius 3 is 2.43 bits per heavy atom. The molecule has 3 rings (SSSR count). The molecule has 23 heavy (non-hydrogen) atoms. The number of aromatic carboxylic acids is 1. The summed E-state index contributed by atoms with van der Waals surface area (Å²) < 4.78 is 0. The first-order valence-corrected chi connectivity index (χ1v) is 7.56. The molecule has 1 aliphatic rings. The minimum atomic E-state index is -1.04. The van der Waals surface area contributed by atoms with Crippen LogP contribution in [-0.4, -0.2) is 27.5 Å². The van der Waals surface area contributed by atoms with Gasteiger partial charge in [0.05, 0.1) is 11.3 Å². The number of nitrogens with one attached hydrogen (secondary N) is 1. The molecule has 5 heteroatoms. The zero-order valence-corrected chi connectivity index (χ0v) is 12.9. The maximum Gasteiger partial charge on any atom is 0.337 e. The molecule has 0 saturated heterocycles. The van der Waals surface area contributed by atoms with E-state index in [2.05, 4.69) is 22.4 Å². The number of benzene rings is 1. The standard InChI is InChI=1S/C18H18N2O3/c1-12-14(17(22)23)7-8-15(19-12)16(21)20-18(9-10-18)11-13-5-3-2-4-6-13/h2-8H,9-11H2,1H3,(H,20,21)(H,22,23). The number of nitrogens with zero attached hydrogens (tertiary/aromatic N) is 1. The smallest absolute Gasteiger partial charge is 0.337 e. The van der Waals surface area contributed by atoms with Gasteiger partial charge in [0.15, 0.2) is 0 Å². The summed E-state index contributed by atoms with van der Waals surface area (Å²) >= 11 is 0. The molecule has 1 heterocycles. The van der Waals surface area contributed by atoms with Crippen molar-refractivity contribution in [3.63, 3.8) is 0 Å². The van der Waals surface area contributed by atoms with Gasteiger partial charge in [0.25, 0.3) is 5.91 Å². The summed E-state index contributed by atoms with van der Waals surface area (Å²) in [4.78, 5) is 27.5. The summed E-state index contributed by atoms with van der Waals surface area (Å²) in [6.07, 6.45) is 2.69. The minimum absolute atomic E-state index is 0.118. The molecular formula is C18H18N2O3. The first-order valence-electron chi connectivity index (χ1n) is 7.56. The third-order valence-electron chi connectivity index (χ3n) is 4.17. The Morgan fingerprint density at radius 2 is 1.87 bits per heavy atom. The number of carboxylic acid groups (broad SMARTS) is 1. The van der Waals surface area contributed by atoms with Crippen molar-refractivity contribution in [2.75, 3.05) is 0 Å². The highest BCUT2D eigenvalue weighted by Gasteiger charge is 2.44. The van der Waals surface area contributed by atoms with Crippen molar-refractivity contribution in [2.24, 2.45) is 0 Å². The molecule has 0 unspecified atom stereocenters. The van der Waals surface area contributed by atoms with E-state index in [9.17, 15) is 9.59 Å². The van der Waals surface area contributed by atoms with Gasteiger partial charge < -0.3 is 10.4 Å². The number of pyridine rings is 1. The lowest BCUT2D eigenvalue weighted by Crippen LogP contribution is -2.39. The van der Waals surface area contributed by atoms with Crippen LogP contribution in [-0.2, 0) is 6.42 Å². The van der Waals surface area contributed by atoms with Gasteiger partial charge in [-0.1, -0.05) is 30.3 Å². The van der Waals surface area contributed by atoms with E-state index < -0.39 is 5.97 Å². The quantitative estimate of drug-likeness (QED) is 0.889. The van der Waals surface area contributed by atoms with Crippen molar-refractivity contribution < 1.29 is 14.7 Å². The normalized spacial score (nSPS) is 15.0. The van der Waals surface area contributed by atoms with Gasteiger partial charge in [0, 0.05) is 5.54 Å². The third kappa shape index (κ3) is 3.39. The van der Waals surface area contributed by atoms with E-state index >= 15 is 0 Å². The van der Waals surface area contributed by atoms with Gasteiger partial charge in [0.2, 0.25) is 0 Å². The van der Waals surface area contributed by atoms with E-state index in [1.54, 1.807) is 6.92 Å². The van der Waals surface area contributed by atoms with Crippen molar-refractivity contribution in [3.05, 3.63) is 65.0 Å². The van der Waals surface area contributed by atoms with Crippen LogP contribution in [0.3, 0.4) is 0 Å². The number of rotatable bonds is 5. The second-order valence-corrected chi connectivity index (χ2v) is 6.03. The van der Waals surface area contributed by atoms with Crippen molar-refractivity contribution >= 4 is 11.9 Å². The molecule has 0 aliphatic heterocycles. The maximum absolute atomic E-state index is 12.4. The van der Waals surface area contributed by atoms with Crippen molar-refractivity contribution in [2.45, 2.75) is 31.7 Å². The number of aromatic nitrogens is 1. The largest absolute Gasteiger partial charge is 0.478 e. The fourth-order valence-corrected chi connectivity index (χ4v) is 2.70. The molecule has 118 valence electrons. The first kappa shape index (κ1) is 15.2. The van der Waals surface area contributed by atoms with Crippen LogP contribution in [0.1, 0.15) is 44.9 Å². The van der Waals surface area contributed by atoms with Crippen molar-refractivity contribution in [1.82, 2.24) is 10.3 Å². The zero-order chi connectivity index (χ0) is 16.4. The topological polar surface area (TPSA) is 79.3 Å².